The highest BCUT2D eigenvalue weighted by molar-refractivity contribution is 7.72. The fourth-order valence-electron chi connectivity index (χ4n) is 3.48. The molecule has 0 bridgehead atoms. The molecule has 1 fully saturated rings. The van der Waals surface area contributed by atoms with Gasteiger partial charge < -0.3 is 19.6 Å². The first-order valence-electron chi connectivity index (χ1n) is 9.57. The monoisotopic (exact) mass is 399 g/mol. The standard InChI is InChI=1S/C16H35NO6P2/c18-24(19,20)16(25(21,22)23)14-12-10-8-6-4-2-1-3-5-7-9-11-13-15-17-16/h17H,1-15H2,(H2,18,19,20)(H2,21,22,23). The molecule has 0 amide bonds. The van der Waals surface area contributed by atoms with E-state index in [0.29, 0.717) is 12.8 Å². The Morgan fingerprint density at radius 2 is 0.880 bits per heavy atom. The SMILES string of the molecule is O=P(O)(O)C1(P(=O)(O)O)CCCCCCCCCCCCCCCN1. The molecule has 1 aliphatic heterocycles. The Kier molecular flexibility index (Phi) is 10.4. The first-order valence-corrected chi connectivity index (χ1v) is 12.8. The minimum Gasteiger partial charge on any atom is -0.323 e. The predicted octanol–water partition coefficient (Wildman–Crippen LogP) is 4.06. The van der Waals surface area contributed by atoms with Crippen molar-refractivity contribution < 1.29 is 28.7 Å². The molecule has 0 aliphatic carbocycles. The molecular formula is C16H35NO6P2. The van der Waals surface area contributed by atoms with Crippen molar-refractivity contribution in [1.29, 1.82) is 0 Å². The minimum atomic E-state index is -5.02. The van der Waals surface area contributed by atoms with E-state index in [2.05, 4.69) is 5.32 Å². The fraction of sp³-hybridized carbons (Fsp3) is 1.00. The van der Waals surface area contributed by atoms with Crippen LogP contribution >= 0.6 is 15.2 Å². The lowest BCUT2D eigenvalue weighted by atomic mass is 10.0. The van der Waals surface area contributed by atoms with E-state index in [1.165, 1.54) is 25.7 Å². The van der Waals surface area contributed by atoms with E-state index < -0.39 is 20.2 Å². The summed E-state index contributed by atoms with van der Waals surface area (Å²) in [5.74, 6) is 0. The summed E-state index contributed by atoms with van der Waals surface area (Å²) < 4.78 is 24.0. The van der Waals surface area contributed by atoms with Crippen molar-refractivity contribution in [1.82, 2.24) is 5.32 Å². The van der Waals surface area contributed by atoms with Gasteiger partial charge in [-0.15, -0.1) is 0 Å². The summed E-state index contributed by atoms with van der Waals surface area (Å²) in [7, 11) is -10.0. The van der Waals surface area contributed by atoms with E-state index in [4.69, 9.17) is 0 Å². The molecule has 0 saturated carbocycles. The van der Waals surface area contributed by atoms with Crippen LogP contribution in [0, 0.1) is 0 Å². The van der Waals surface area contributed by atoms with E-state index in [1.54, 1.807) is 0 Å². The van der Waals surface area contributed by atoms with Gasteiger partial charge in [-0.1, -0.05) is 77.0 Å². The Morgan fingerprint density at radius 3 is 1.24 bits per heavy atom. The fourth-order valence-corrected chi connectivity index (χ4v) is 6.38. The van der Waals surface area contributed by atoms with Crippen LogP contribution in [0.1, 0.15) is 89.9 Å². The van der Waals surface area contributed by atoms with Crippen molar-refractivity contribution in [3.05, 3.63) is 0 Å². The van der Waals surface area contributed by atoms with Gasteiger partial charge in [0.15, 0.2) is 0 Å². The van der Waals surface area contributed by atoms with Crippen LogP contribution in [-0.4, -0.2) is 31.1 Å². The van der Waals surface area contributed by atoms with Gasteiger partial charge in [0.25, 0.3) is 0 Å². The second-order valence-corrected chi connectivity index (χ2v) is 11.2. The smallest absolute Gasteiger partial charge is 0.323 e. The molecule has 1 aliphatic rings. The van der Waals surface area contributed by atoms with Crippen molar-refractivity contribution in [2.45, 2.75) is 94.9 Å². The molecule has 7 nitrogen and oxygen atoms in total. The first kappa shape index (κ1) is 23.3. The van der Waals surface area contributed by atoms with E-state index in [9.17, 15) is 28.7 Å². The van der Waals surface area contributed by atoms with Gasteiger partial charge in [0.05, 0.1) is 0 Å². The molecule has 9 heteroatoms. The van der Waals surface area contributed by atoms with E-state index in [1.807, 2.05) is 0 Å². The quantitative estimate of drug-likeness (QED) is 0.443. The highest BCUT2D eigenvalue weighted by Gasteiger charge is 2.59. The molecule has 0 aromatic rings. The Bertz CT molecular complexity index is 420. The Balaban J connectivity index is 2.78. The molecule has 0 unspecified atom stereocenters. The number of nitrogens with one attached hydrogen (secondary N) is 1. The van der Waals surface area contributed by atoms with Gasteiger partial charge in [0.2, 0.25) is 5.02 Å². The van der Waals surface area contributed by atoms with Crippen molar-refractivity contribution >= 4 is 15.2 Å². The zero-order valence-electron chi connectivity index (χ0n) is 15.1. The third-order valence-corrected chi connectivity index (χ3v) is 9.33. The number of hydrogen-bond donors (Lipinski definition) is 5. The van der Waals surface area contributed by atoms with E-state index in [-0.39, 0.29) is 13.0 Å². The summed E-state index contributed by atoms with van der Waals surface area (Å²) in [5, 5.41) is 0.145. The van der Waals surface area contributed by atoms with Crippen molar-refractivity contribution in [2.24, 2.45) is 0 Å². The van der Waals surface area contributed by atoms with Gasteiger partial charge in [-0.25, -0.2) is 0 Å². The third-order valence-electron chi connectivity index (χ3n) is 5.07. The average molecular weight is 399 g/mol. The maximum atomic E-state index is 12.0. The Labute approximate surface area is 151 Å². The Hall–Kier alpha value is 0.260. The van der Waals surface area contributed by atoms with Crippen LogP contribution in [0.3, 0.4) is 0 Å². The van der Waals surface area contributed by atoms with Gasteiger partial charge in [0, 0.05) is 0 Å². The molecule has 25 heavy (non-hydrogen) atoms. The molecule has 0 atom stereocenters. The normalized spacial score (nSPS) is 23.7. The molecule has 1 heterocycles. The molecule has 0 aromatic heterocycles. The van der Waals surface area contributed by atoms with Crippen molar-refractivity contribution in [2.75, 3.05) is 6.54 Å². The maximum Gasteiger partial charge on any atom is 0.357 e. The van der Waals surface area contributed by atoms with E-state index >= 15 is 0 Å². The van der Waals surface area contributed by atoms with E-state index in [0.717, 1.165) is 44.9 Å². The predicted molar refractivity (Wildman–Crippen MR) is 99.5 cm³/mol. The lowest BCUT2D eigenvalue weighted by molar-refractivity contribution is 0.276. The maximum absolute atomic E-state index is 12.0. The second-order valence-electron chi connectivity index (χ2n) is 7.18. The number of hydrogen-bond acceptors (Lipinski definition) is 3. The lowest BCUT2D eigenvalue weighted by Gasteiger charge is -2.35. The first-order chi connectivity index (χ1) is 11.7. The van der Waals surface area contributed by atoms with Crippen molar-refractivity contribution in [3.63, 3.8) is 0 Å². The second kappa shape index (κ2) is 11.2. The molecule has 0 spiro atoms. The molecule has 0 aromatic carbocycles. The van der Waals surface area contributed by atoms with Crippen LogP contribution in [0.25, 0.3) is 0 Å². The van der Waals surface area contributed by atoms with Gasteiger partial charge in [0.1, 0.15) is 0 Å². The van der Waals surface area contributed by atoms with Crippen LogP contribution in [0.2, 0.25) is 0 Å². The summed E-state index contributed by atoms with van der Waals surface area (Å²) in [6, 6.07) is 0. The van der Waals surface area contributed by atoms with Gasteiger partial charge in [-0.2, -0.15) is 0 Å². The Morgan fingerprint density at radius 1 is 0.560 bits per heavy atom. The molecule has 5 N–H and O–H groups in total. The summed E-state index contributed by atoms with van der Waals surface area (Å²) in [4.78, 5) is 38.8. The average Bonchev–Trinajstić information content (AvgIpc) is 2.49. The molecule has 0 radical (unpaired) electrons. The van der Waals surface area contributed by atoms with Crippen molar-refractivity contribution in [3.8, 4) is 0 Å². The highest BCUT2D eigenvalue weighted by Crippen LogP contribution is 2.69. The molecule has 1 saturated heterocycles. The molecule has 1 rings (SSSR count). The van der Waals surface area contributed by atoms with Gasteiger partial charge >= 0.3 is 15.2 Å². The number of rotatable bonds is 2. The van der Waals surface area contributed by atoms with Crippen LogP contribution < -0.4 is 5.32 Å². The zero-order valence-corrected chi connectivity index (χ0v) is 16.9. The largest absolute Gasteiger partial charge is 0.357 e. The lowest BCUT2D eigenvalue weighted by Crippen LogP contribution is -2.45. The van der Waals surface area contributed by atoms with Crippen LogP contribution in [0.5, 0.6) is 0 Å². The zero-order chi connectivity index (χ0) is 18.8. The van der Waals surface area contributed by atoms with Crippen LogP contribution in [0.15, 0.2) is 0 Å². The minimum absolute atomic E-state index is 0.205. The molecular weight excluding hydrogens is 364 g/mol. The highest BCUT2D eigenvalue weighted by atomic mass is 31.2. The van der Waals surface area contributed by atoms with Crippen LogP contribution in [-0.2, 0) is 9.13 Å². The van der Waals surface area contributed by atoms with Crippen LogP contribution in [0.4, 0.5) is 0 Å². The summed E-state index contributed by atoms with van der Waals surface area (Å²) in [6.07, 6.45) is 12.7. The topological polar surface area (TPSA) is 127 Å². The van der Waals surface area contributed by atoms with Gasteiger partial charge in [-0.05, 0) is 19.4 Å². The third kappa shape index (κ3) is 7.80. The molecule has 150 valence electrons. The van der Waals surface area contributed by atoms with Gasteiger partial charge in [-0.3, -0.25) is 14.4 Å². The summed E-state index contributed by atoms with van der Waals surface area (Å²) in [6.45, 7) is 0.205. The summed E-state index contributed by atoms with van der Waals surface area (Å²) >= 11 is 0. The summed E-state index contributed by atoms with van der Waals surface area (Å²) in [5.41, 5.74) is 0.